The van der Waals surface area contributed by atoms with Gasteiger partial charge in [-0.2, -0.15) is 0 Å². The van der Waals surface area contributed by atoms with Gasteiger partial charge in [0.15, 0.2) is 0 Å². The number of methoxy groups -OCH3 is 1. The average Bonchev–Trinajstić information content (AvgIpc) is 2.78. The normalized spacial score (nSPS) is 16.6. The first kappa shape index (κ1) is 20.6. The van der Waals surface area contributed by atoms with E-state index in [0.29, 0.717) is 12.6 Å². The lowest BCUT2D eigenvalue weighted by Crippen LogP contribution is -2.42. The summed E-state index contributed by atoms with van der Waals surface area (Å²) in [6.45, 7) is 2.78. The van der Waals surface area contributed by atoms with E-state index in [9.17, 15) is 9.90 Å². The lowest BCUT2D eigenvalue weighted by molar-refractivity contribution is 0.0153. The van der Waals surface area contributed by atoms with E-state index in [2.05, 4.69) is 16.0 Å². The molecule has 1 unspecified atom stereocenters. The number of nitrogens with one attached hydrogen (secondary N) is 1. The van der Waals surface area contributed by atoms with Crippen LogP contribution in [0, 0.1) is 0 Å². The molecular formula is C24H28N2O4. The number of fused-ring (bicyclic) bond motifs is 1. The second kappa shape index (κ2) is 9.43. The van der Waals surface area contributed by atoms with Crippen molar-refractivity contribution in [3.05, 3.63) is 65.1 Å². The van der Waals surface area contributed by atoms with Gasteiger partial charge in [-0.25, -0.2) is 0 Å². The lowest BCUT2D eigenvalue weighted by atomic mass is 10.0. The smallest absolute Gasteiger partial charge is 0.247 e. The van der Waals surface area contributed by atoms with Gasteiger partial charge in [0, 0.05) is 39.0 Å². The van der Waals surface area contributed by atoms with Gasteiger partial charge < -0.3 is 24.5 Å². The number of benzene rings is 2. The zero-order valence-corrected chi connectivity index (χ0v) is 17.2. The number of piperidine rings is 1. The number of hydrogen-bond donors (Lipinski definition) is 2. The number of nitrogens with zero attached hydrogens (tertiary/aromatic N) is 1. The number of aromatic amines is 1. The minimum Gasteiger partial charge on any atom is -0.491 e. The van der Waals surface area contributed by atoms with Gasteiger partial charge in [-0.05, 0) is 59.0 Å². The molecule has 6 heteroatoms. The van der Waals surface area contributed by atoms with E-state index in [4.69, 9.17) is 9.47 Å². The quantitative estimate of drug-likeness (QED) is 0.629. The number of β-amino-alcohol motifs (C(OH)–C–C–N with tert-alkyl or cyclic N) is 1. The molecule has 0 bridgehead atoms. The van der Waals surface area contributed by atoms with Crippen molar-refractivity contribution in [1.29, 1.82) is 0 Å². The fraction of sp³-hybridized carbons (Fsp3) is 0.375. The van der Waals surface area contributed by atoms with Crippen LogP contribution in [0.25, 0.3) is 21.9 Å². The molecule has 30 heavy (non-hydrogen) atoms. The van der Waals surface area contributed by atoms with Crippen LogP contribution >= 0.6 is 0 Å². The summed E-state index contributed by atoms with van der Waals surface area (Å²) in [5.74, 6) is 0.747. The molecule has 6 nitrogen and oxygen atoms in total. The van der Waals surface area contributed by atoms with Crippen molar-refractivity contribution in [2.45, 2.75) is 25.0 Å². The van der Waals surface area contributed by atoms with Crippen molar-refractivity contribution in [1.82, 2.24) is 9.88 Å². The number of aliphatic hydroxyl groups is 1. The molecule has 1 aliphatic heterocycles. The van der Waals surface area contributed by atoms with Crippen molar-refractivity contribution in [2.75, 3.05) is 33.4 Å². The standard InChI is InChI=1S/C24H28N2O4/c1-29-22-8-10-26(11-9-22)15-21(27)16-30-23-6-4-17-12-18(2-3-19(17)13-23)20-5-7-24(28)25-14-20/h2-7,12-14,21-22,27H,8-11,15-16H2,1H3,(H,25,28). The Bertz CT molecular complexity index is 1020. The van der Waals surface area contributed by atoms with Gasteiger partial charge in [0.05, 0.1) is 6.10 Å². The van der Waals surface area contributed by atoms with Crippen LogP contribution < -0.4 is 10.3 Å². The fourth-order valence-electron chi connectivity index (χ4n) is 3.95. The number of aromatic nitrogens is 1. The average molecular weight is 408 g/mol. The van der Waals surface area contributed by atoms with Gasteiger partial charge >= 0.3 is 0 Å². The van der Waals surface area contributed by atoms with Gasteiger partial charge in [-0.1, -0.05) is 18.2 Å². The summed E-state index contributed by atoms with van der Waals surface area (Å²) < 4.78 is 11.2. The summed E-state index contributed by atoms with van der Waals surface area (Å²) >= 11 is 0. The number of rotatable bonds is 7. The number of H-pyrrole nitrogens is 1. The first-order valence-corrected chi connectivity index (χ1v) is 10.4. The first-order valence-electron chi connectivity index (χ1n) is 10.4. The molecule has 1 aliphatic rings. The van der Waals surface area contributed by atoms with Crippen LogP contribution in [0.4, 0.5) is 0 Å². The Morgan fingerprint density at radius 1 is 1.07 bits per heavy atom. The molecule has 0 spiro atoms. The van der Waals surface area contributed by atoms with Crippen molar-refractivity contribution < 1.29 is 14.6 Å². The van der Waals surface area contributed by atoms with Crippen molar-refractivity contribution in [3.63, 3.8) is 0 Å². The van der Waals surface area contributed by atoms with Crippen molar-refractivity contribution >= 4 is 10.8 Å². The maximum absolute atomic E-state index is 11.3. The Morgan fingerprint density at radius 3 is 2.53 bits per heavy atom. The van der Waals surface area contributed by atoms with Crippen LogP contribution in [0.15, 0.2) is 59.5 Å². The summed E-state index contributed by atoms with van der Waals surface area (Å²) in [6.07, 6.45) is 3.56. The SMILES string of the molecule is COC1CCN(CC(O)COc2ccc3cc(-c4ccc(=O)[nH]c4)ccc3c2)CC1. The molecular weight excluding hydrogens is 380 g/mol. The summed E-state index contributed by atoms with van der Waals surface area (Å²) in [4.78, 5) is 16.2. The predicted octanol–water partition coefficient (Wildman–Crippen LogP) is 3.05. The van der Waals surface area contributed by atoms with E-state index in [1.807, 2.05) is 36.4 Å². The van der Waals surface area contributed by atoms with Crippen LogP contribution in [-0.2, 0) is 4.74 Å². The first-order chi connectivity index (χ1) is 14.6. The summed E-state index contributed by atoms with van der Waals surface area (Å²) in [5.41, 5.74) is 1.90. The van der Waals surface area contributed by atoms with Crippen LogP contribution in [0.3, 0.4) is 0 Å². The highest BCUT2D eigenvalue weighted by Crippen LogP contribution is 2.26. The van der Waals surface area contributed by atoms with E-state index in [0.717, 1.165) is 53.6 Å². The molecule has 0 saturated carbocycles. The lowest BCUT2D eigenvalue weighted by Gasteiger charge is -2.32. The van der Waals surface area contributed by atoms with Crippen LogP contribution in [0.2, 0.25) is 0 Å². The molecule has 1 atom stereocenters. The van der Waals surface area contributed by atoms with E-state index < -0.39 is 6.10 Å². The highest BCUT2D eigenvalue weighted by atomic mass is 16.5. The van der Waals surface area contributed by atoms with Gasteiger partial charge in [0.25, 0.3) is 0 Å². The molecule has 4 rings (SSSR count). The van der Waals surface area contributed by atoms with Crippen LogP contribution in [0.5, 0.6) is 5.75 Å². The van der Waals surface area contributed by atoms with Crippen LogP contribution in [0.1, 0.15) is 12.8 Å². The second-order valence-electron chi connectivity index (χ2n) is 7.87. The van der Waals surface area contributed by atoms with Gasteiger partial charge in [0.1, 0.15) is 18.5 Å². The molecule has 1 fully saturated rings. The topological polar surface area (TPSA) is 74.8 Å². The number of likely N-dealkylation sites (tertiary alicyclic amines) is 1. The molecule has 0 amide bonds. The minimum absolute atomic E-state index is 0.108. The van der Waals surface area contributed by atoms with E-state index >= 15 is 0 Å². The molecule has 2 heterocycles. The van der Waals surface area contributed by atoms with Crippen LogP contribution in [-0.4, -0.2) is 60.5 Å². The Labute approximate surface area is 176 Å². The monoisotopic (exact) mass is 408 g/mol. The maximum atomic E-state index is 11.3. The predicted molar refractivity (Wildman–Crippen MR) is 118 cm³/mol. The number of pyridine rings is 1. The summed E-state index contributed by atoms with van der Waals surface area (Å²) in [5, 5.41) is 12.5. The van der Waals surface area contributed by atoms with Gasteiger partial charge in [0.2, 0.25) is 5.56 Å². The third kappa shape index (κ3) is 5.08. The van der Waals surface area contributed by atoms with Gasteiger partial charge in [-0.3, -0.25) is 4.79 Å². The summed E-state index contributed by atoms with van der Waals surface area (Å²) in [7, 11) is 1.76. The van der Waals surface area contributed by atoms with E-state index in [-0.39, 0.29) is 12.2 Å². The highest BCUT2D eigenvalue weighted by Gasteiger charge is 2.20. The van der Waals surface area contributed by atoms with E-state index in [1.54, 1.807) is 13.3 Å². The Kier molecular flexibility index (Phi) is 6.47. The summed E-state index contributed by atoms with van der Waals surface area (Å²) in [6, 6.07) is 15.4. The molecule has 3 aromatic rings. The molecule has 0 radical (unpaired) electrons. The molecule has 1 saturated heterocycles. The van der Waals surface area contributed by atoms with Gasteiger partial charge in [-0.15, -0.1) is 0 Å². The Balaban J connectivity index is 1.35. The zero-order chi connectivity index (χ0) is 20.9. The molecule has 0 aliphatic carbocycles. The fourth-order valence-corrected chi connectivity index (χ4v) is 3.95. The number of aliphatic hydroxyl groups excluding tert-OH is 1. The Morgan fingerprint density at radius 2 is 1.80 bits per heavy atom. The molecule has 158 valence electrons. The number of hydrogen-bond acceptors (Lipinski definition) is 5. The van der Waals surface area contributed by atoms with Crippen molar-refractivity contribution in [2.24, 2.45) is 0 Å². The Hall–Kier alpha value is -2.67. The third-order valence-corrected chi connectivity index (χ3v) is 5.71. The zero-order valence-electron chi connectivity index (χ0n) is 17.2. The number of ether oxygens (including phenoxy) is 2. The highest BCUT2D eigenvalue weighted by molar-refractivity contribution is 5.88. The molecule has 2 aromatic carbocycles. The van der Waals surface area contributed by atoms with Crippen molar-refractivity contribution in [3.8, 4) is 16.9 Å². The molecule has 2 N–H and O–H groups in total. The molecule has 1 aromatic heterocycles. The maximum Gasteiger partial charge on any atom is 0.247 e. The third-order valence-electron chi connectivity index (χ3n) is 5.71. The second-order valence-corrected chi connectivity index (χ2v) is 7.87. The minimum atomic E-state index is -0.526. The van der Waals surface area contributed by atoms with E-state index in [1.165, 1.54) is 6.07 Å². The largest absolute Gasteiger partial charge is 0.491 e.